The molecule has 1 aromatic rings. The molecule has 0 bridgehead atoms. The fourth-order valence-electron chi connectivity index (χ4n) is 1.63. The maximum Gasteiger partial charge on any atom is 0.134 e. The van der Waals surface area contributed by atoms with Gasteiger partial charge in [-0.1, -0.05) is 13.8 Å². The number of hydrogen-bond acceptors (Lipinski definition) is 4. The fourth-order valence-corrected chi connectivity index (χ4v) is 2.75. The van der Waals surface area contributed by atoms with Gasteiger partial charge in [-0.05, 0) is 35.0 Å². The highest BCUT2D eigenvalue weighted by molar-refractivity contribution is 9.10. The molecule has 1 aromatic heterocycles. The summed E-state index contributed by atoms with van der Waals surface area (Å²) in [5.41, 5.74) is 0. The van der Waals surface area contributed by atoms with Gasteiger partial charge in [-0.3, -0.25) is 0 Å². The summed E-state index contributed by atoms with van der Waals surface area (Å²) >= 11 is 5.39. The first-order valence-electron chi connectivity index (χ1n) is 5.88. The molecule has 1 heterocycles. The van der Waals surface area contributed by atoms with Crippen LogP contribution in [0.3, 0.4) is 0 Å². The third-order valence-electron chi connectivity index (χ3n) is 3.06. The van der Waals surface area contributed by atoms with E-state index in [4.69, 9.17) is 0 Å². The smallest absolute Gasteiger partial charge is 0.134 e. The second-order valence-corrected chi connectivity index (χ2v) is 6.92. The zero-order valence-electron chi connectivity index (χ0n) is 10.5. The number of nitrogens with one attached hydrogen (secondary N) is 1. The Morgan fingerprint density at radius 3 is 2.71 bits per heavy atom. The summed E-state index contributed by atoms with van der Waals surface area (Å²) in [5, 5.41) is 3.43. The van der Waals surface area contributed by atoms with Crippen molar-refractivity contribution in [2.75, 3.05) is 18.1 Å². The molecule has 0 radical (unpaired) electrons. The normalized spacial score (nSPS) is 17.2. The molecular weight excluding hydrogens is 298 g/mol. The molecule has 17 heavy (non-hydrogen) atoms. The summed E-state index contributed by atoms with van der Waals surface area (Å²) in [4.78, 5) is 8.91. The molecular formula is C12H18BrN3S. The van der Waals surface area contributed by atoms with Crippen LogP contribution in [-0.4, -0.2) is 27.5 Å². The molecule has 1 aliphatic rings. The lowest BCUT2D eigenvalue weighted by Crippen LogP contribution is -2.18. The Bertz CT molecular complexity index is 405. The van der Waals surface area contributed by atoms with Gasteiger partial charge in [0.1, 0.15) is 16.2 Å². The molecule has 1 aliphatic carbocycles. The van der Waals surface area contributed by atoms with Crippen LogP contribution < -0.4 is 5.32 Å². The van der Waals surface area contributed by atoms with Crippen LogP contribution in [-0.2, 0) is 0 Å². The highest BCUT2D eigenvalue weighted by Gasteiger charge is 2.41. The number of aromatic nitrogens is 2. The van der Waals surface area contributed by atoms with E-state index in [0.717, 1.165) is 22.8 Å². The maximum absolute atomic E-state index is 4.54. The van der Waals surface area contributed by atoms with E-state index in [9.17, 15) is 0 Å². The molecule has 1 saturated carbocycles. The molecule has 0 spiro atoms. The maximum atomic E-state index is 4.54. The minimum Gasteiger partial charge on any atom is -0.369 e. The number of thioether (sulfide) groups is 1. The predicted molar refractivity (Wildman–Crippen MR) is 77.8 cm³/mol. The molecule has 2 rings (SSSR count). The van der Waals surface area contributed by atoms with Crippen molar-refractivity contribution < 1.29 is 0 Å². The highest BCUT2D eigenvalue weighted by Crippen LogP contribution is 2.46. The van der Waals surface area contributed by atoms with Crippen molar-refractivity contribution in [2.45, 2.75) is 37.4 Å². The largest absolute Gasteiger partial charge is 0.369 e. The van der Waals surface area contributed by atoms with Crippen molar-refractivity contribution in [3.63, 3.8) is 0 Å². The van der Waals surface area contributed by atoms with Gasteiger partial charge < -0.3 is 5.32 Å². The Morgan fingerprint density at radius 1 is 1.47 bits per heavy atom. The van der Waals surface area contributed by atoms with E-state index in [1.165, 1.54) is 12.8 Å². The van der Waals surface area contributed by atoms with E-state index in [1.54, 1.807) is 0 Å². The lowest BCUT2D eigenvalue weighted by molar-refractivity contribution is 0.768. The molecule has 1 fully saturated rings. The summed E-state index contributed by atoms with van der Waals surface area (Å²) in [7, 11) is 0. The Morgan fingerprint density at radius 2 is 2.18 bits per heavy atom. The van der Waals surface area contributed by atoms with Crippen LogP contribution in [0.15, 0.2) is 10.7 Å². The molecule has 0 atom stereocenters. The van der Waals surface area contributed by atoms with Gasteiger partial charge in [0.05, 0.1) is 0 Å². The van der Waals surface area contributed by atoms with E-state index in [2.05, 4.69) is 51.3 Å². The summed E-state index contributed by atoms with van der Waals surface area (Å²) < 4.78 is 1.31. The molecule has 0 unspecified atom stereocenters. The van der Waals surface area contributed by atoms with Crippen LogP contribution in [0.2, 0.25) is 0 Å². The Balaban J connectivity index is 2.05. The van der Waals surface area contributed by atoms with Crippen molar-refractivity contribution in [3.8, 4) is 0 Å². The fraction of sp³-hybridized carbons (Fsp3) is 0.667. The van der Waals surface area contributed by atoms with E-state index < -0.39 is 0 Å². The second-order valence-electron chi connectivity index (χ2n) is 4.83. The number of halogens is 1. The lowest BCUT2D eigenvalue weighted by Gasteiger charge is -2.14. The number of anilines is 1. The van der Waals surface area contributed by atoms with Crippen LogP contribution in [0.1, 0.15) is 38.4 Å². The quantitative estimate of drug-likeness (QED) is 0.841. The average Bonchev–Trinajstić information content (AvgIpc) is 3.06. The Kier molecular flexibility index (Phi) is 3.98. The van der Waals surface area contributed by atoms with Crippen molar-refractivity contribution >= 4 is 33.5 Å². The molecule has 5 heteroatoms. The van der Waals surface area contributed by atoms with Crippen molar-refractivity contribution in [1.82, 2.24) is 9.97 Å². The van der Waals surface area contributed by atoms with Gasteiger partial charge in [0, 0.05) is 23.3 Å². The summed E-state index contributed by atoms with van der Waals surface area (Å²) in [5.74, 6) is 2.16. The molecule has 0 saturated heterocycles. The number of rotatable bonds is 5. The standard InChI is InChI=1S/C12H18BrN3S/c1-8(2)11-15-9(13)6-10(16-11)14-7-12(17-3)4-5-12/h6,8H,4-5,7H2,1-3H3,(H,14,15,16). The molecule has 1 N–H and O–H groups in total. The molecule has 0 amide bonds. The lowest BCUT2D eigenvalue weighted by atomic mass is 10.2. The molecule has 0 aromatic carbocycles. The van der Waals surface area contributed by atoms with Gasteiger partial charge in [0.2, 0.25) is 0 Å². The van der Waals surface area contributed by atoms with Crippen molar-refractivity contribution in [2.24, 2.45) is 0 Å². The van der Waals surface area contributed by atoms with E-state index in [0.29, 0.717) is 10.7 Å². The number of hydrogen-bond donors (Lipinski definition) is 1. The number of nitrogens with zero attached hydrogens (tertiary/aromatic N) is 2. The van der Waals surface area contributed by atoms with Gasteiger partial charge >= 0.3 is 0 Å². The van der Waals surface area contributed by atoms with Crippen LogP contribution in [0.5, 0.6) is 0 Å². The molecule has 3 nitrogen and oxygen atoms in total. The summed E-state index contributed by atoms with van der Waals surface area (Å²) in [6, 6.07) is 1.95. The minimum absolute atomic E-state index is 0.350. The summed E-state index contributed by atoms with van der Waals surface area (Å²) in [6.07, 6.45) is 4.80. The van der Waals surface area contributed by atoms with Crippen LogP contribution in [0, 0.1) is 0 Å². The van der Waals surface area contributed by atoms with E-state index in [-0.39, 0.29) is 0 Å². The zero-order chi connectivity index (χ0) is 12.5. The SMILES string of the molecule is CSC1(CNc2cc(Br)nc(C(C)C)n2)CC1. The minimum atomic E-state index is 0.350. The first-order chi connectivity index (χ1) is 8.04. The van der Waals surface area contributed by atoms with Gasteiger partial charge in [0.15, 0.2) is 0 Å². The van der Waals surface area contributed by atoms with Gasteiger partial charge in [0.25, 0.3) is 0 Å². The average molecular weight is 316 g/mol. The first-order valence-corrected chi connectivity index (χ1v) is 7.90. The Hall–Kier alpha value is -0.290. The third-order valence-corrected chi connectivity index (χ3v) is 4.89. The third kappa shape index (κ3) is 3.35. The second kappa shape index (κ2) is 5.14. The van der Waals surface area contributed by atoms with E-state index in [1.807, 2.05) is 17.8 Å². The first kappa shape index (κ1) is 13.1. The predicted octanol–water partition coefficient (Wildman–Crippen LogP) is 3.67. The monoisotopic (exact) mass is 315 g/mol. The van der Waals surface area contributed by atoms with Gasteiger partial charge in [-0.15, -0.1) is 0 Å². The topological polar surface area (TPSA) is 37.8 Å². The van der Waals surface area contributed by atoms with Crippen molar-refractivity contribution in [3.05, 3.63) is 16.5 Å². The van der Waals surface area contributed by atoms with Gasteiger partial charge in [-0.2, -0.15) is 11.8 Å². The van der Waals surface area contributed by atoms with Gasteiger partial charge in [-0.25, -0.2) is 9.97 Å². The highest BCUT2D eigenvalue weighted by atomic mass is 79.9. The molecule has 94 valence electrons. The zero-order valence-corrected chi connectivity index (χ0v) is 12.9. The van der Waals surface area contributed by atoms with Crippen molar-refractivity contribution in [1.29, 1.82) is 0 Å². The molecule has 0 aliphatic heterocycles. The van der Waals surface area contributed by atoms with Crippen LogP contribution >= 0.6 is 27.7 Å². The summed E-state index contributed by atoms with van der Waals surface area (Å²) in [6.45, 7) is 5.21. The van der Waals surface area contributed by atoms with E-state index >= 15 is 0 Å². The van der Waals surface area contributed by atoms with Crippen LogP contribution in [0.4, 0.5) is 5.82 Å². The van der Waals surface area contributed by atoms with Crippen LogP contribution in [0.25, 0.3) is 0 Å². The Labute approximate surface area is 115 Å².